The number of hydrogen-bond acceptors (Lipinski definition) is 16. The van der Waals surface area contributed by atoms with E-state index in [-0.39, 0.29) is 0 Å². The highest BCUT2D eigenvalue weighted by atomic mass is 32.1. The summed E-state index contributed by atoms with van der Waals surface area (Å²) in [4.78, 5) is 12.5. The minimum absolute atomic E-state index is 0.406. The lowest BCUT2D eigenvalue weighted by Gasteiger charge is -2.13. The summed E-state index contributed by atoms with van der Waals surface area (Å²) in [6, 6.07) is 34.5. The maximum absolute atomic E-state index is 6.19. The van der Waals surface area contributed by atoms with Crippen LogP contribution in [0, 0.1) is 0 Å². The van der Waals surface area contributed by atoms with Crippen LogP contribution in [0.3, 0.4) is 0 Å². The highest BCUT2D eigenvalue weighted by molar-refractivity contribution is 7.30. The molecule has 10 rings (SSSR count). The molecule has 8 heterocycles. The van der Waals surface area contributed by atoms with E-state index in [1.807, 2.05) is 69.6 Å². The third kappa shape index (κ3) is 13.8. The van der Waals surface area contributed by atoms with Gasteiger partial charge in [-0.2, -0.15) is 0 Å². The number of benzene rings is 2. The molecule has 8 aromatic rings. The lowest BCUT2D eigenvalue weighted by Crippen LogP contribution is -2.13. The fourth-order valence-corrected chi connectivity index (χ4v) is 14.0. The molecule has 374 valence electrons. The Kier molecular flexibility index (Phi) is 18.5. The average molecular weight is 1080 g/mol. The molecule has 2 aliphatic rings. The third-order valence-electron chi connectivity index (χ3n) is 11.2. The second kappa shape index (κ2) is 26.3. The zero-order valence-corrected chi connectivity index (χ0v) is 44.4. The lowest BCUT2D eigenvalue weighted by molar-refractivity contribution is 0.00708. The fraction of sp³-hybridized carbons (Fsp3) is 0.286. The molecule has 0 atom stereocenters. The second-order valence-corrected chi connectivity index (χ2v) is 22.4. The van der Waals surface area contributed by atoms with Gasteiger partial charge in [-0.1, -0.05) is 48.6 Å². The van der Waals surface area contributed by atoms with Gasteiger partial charge >= 0.3 is 0 Å². The maximum atomic E-state index is 6.19. The normalized spacial score (nSPS) is 16.3. The highest BCUT2D eigenvalue weighted by Crippen LogP contribution is 2.48. The number of rotatable bonds is 9. The van der Waals surface area contributed by atoms with Crippen molar-refractivity contribution in [3.63, 3.8) is 0 Å². The zero-order valence-electron chi connectivity index (χ0n) is 39.5. The van der Waals surface area contributed by atoms with Crippen LogP contribution in [0.25, 0.3) is 73.1 Å². The Morgan fingerprint density at radius 1 is 0.292 bits per heavy atom. The number of hydrogen-bond donors (Lipinski definition) is 0. The van der Waals surface area contributed by atoms with Crippen LogP contribution in [-0.4, -0.2) is 106 Å². The van der Waals surface area contributed by atoms with Crippen molar-refractivity contribution < 1.29 is 47.4 Å². The van der Waals surface area contributed by atoms with Gasteiger partial charge < -0.3 is 47.4 Å². The Bertz CT molecular complexity index is 2980. The molecule has 0 spiro atoms. The molecule has 0 amide bonds. The van der Waals surface area contributed by atoms with E-state index in [9.17, 15) is 0 Å². The average Bonchev–Trinajstić information content (AvgIpc) is 4.26. The third-order valence-corrected chi connectivity index (χ3v) is 18.4. The monoisotopic (exact) mass is 1080 g/mol. The Morgan fingerprint density at radius 2 is 0.667 bits per heavy atom. The summed E-state index contributed by atoms with van der Waals surface area (Å²) < 4.78 is 58.4. The first-order chi connectivity index (χ1) is 35.7. The predicted octanol–water partition coefficient (Wildman–Crippen LogP) is 14.4. The number of thiophene rings is 6. The Labute approximate surface area is 444 Å². The predicted molar refractivity (Wildman–Crippen MR) is 299 cm³/mol. The molecule has 0 aliphatic carbocycles. The van der Waals surface area contributed by atoms with Crippen LogP contribution in [0.2, 0.25) is 0 Å². The van der Waals surface area contributed by atoms with Crippen molar-refractivity contribution in [1.82, 2.24) is 0 Å². The second-order valence-electron chi connectivity index (χ2n) is 16.2. The van der Waals surface area contributed by atoms with Crippen LogP contribution < -0.4 is 18.9 Å². The molecular formula is C56H54O10S6. The van der Waals surface area contributed by atoms with Gasteiger partial charge in [0.05, 0.1) is 89.0 Å². The topological polar surface area (TPSA) is 92.3 Å². The largest absolute Gasteiger partial charge is 0.487 e. The van der Waals surface area contributed by atoms with Crippen molar-refractivity contribution in [2.24, 2.45) is 0 Å². The van der Waals surface area contributed by atoms with Crippen molar-refractivity contribution in [1.29, 1.82) is 0 Å². The van der Waals surface area contributed by atoms with Gasteiger partial charge in [0, 0.05) is 39.0 Å². The molecular weight excluding hydrogens is 1030 g/mol. The summed E-state index contributed by atoms with van der Waals surface area (Å²) in [5.74, 6) is 2.72. The van der Waals surface area contributed by atoms with Crippen LogP contribution >= 0.6 is 68.0 Å². The molecule has 0 saturated carbocycles. The number of ether oxygens (including phenoxy) is 10. The minimum Gasteiger partial charge on any atom is -0.487 e. The van der Waals surface area contributed by atoms with Gasteiger partial charge in [0.1, 0.15) is 26.4 Å². The van der Waals surface area contributed by atoms with Gasteiger partial charge in [-0.05, 0) is 106 Å². The van der Waals surface area contributed by atoms with E-state index in [2.05, 4.69) is 108 Å². The first kappa shape index (κ1) is 50.6. The van der Waals surface area contributed by atoms with Gasteiger partial charge in [-0.15, -0.1) is 68.0 Å². The summed E-state index contributed by atoms with van der Waals surface area (Å²) >= 11 is 10.9. The Hall–Kier alpha value is -4.92. The maximum Gasteiger partial charge on any atom is 0.161 e. The van der Waals surface area contributed by atoms with Gasteiger partial charge in [-0.25, -0.2) is 0 Å². The van der Waals surface area contributed by atoms with Crippen molar-refractivity contribution >= 4 is 92.3 Å². The Morgan fingerprint density at radius 3 is 1.12 bits per heavy atom. The molecule has 0 unspecified atom stereocenters. The summed E-state index contributed by atoms with van der Waals surface area (Å²) in [6.07, 6.45) is 8.74. The smallest absolute Gasteiger partial charge is 0.161 e. The van der Waals surface area contributed by atoms with E-state index in [0.717, 1.165) is 11.1 Å². The summed E-state index contributed by atoms with van der Waals surface area (Å²) in [5, 5.41) is 4.28. The molecule has 0 fully saturated rings. The SMILES string of the molecule is C(=C\c1cc(-c2ccc(-c3ccc(-c4sc(-c5cccs5)cc4/C=C/c4ccc5c(c4)OCCOCCOCCOCCO5)s3)s2)sc1-c1cccs1)/c1ccc2c(c1)OCCOCCOCCOCCO2. The molecule has 6 aromatic heterocycles. The van der Waals surface area contributed by atoms with E-state index in [1.54, 1.807) is 22.7 Å². The zero-order chi connectivity index (χ0) is 48.6. The molecule has 16 heteroatoms. The molecule has 0 saturated heterocycles. The van der Waals surface area contributed by atoms with Crippen LogP contribution in [0.4, 0.5) is 0 Å². The summed E-state index contributed by atoms with van der Waals surface area (Å²) in [6.45, 7) is 7.67. The van der Waals surface area contributed by atoms with Crippen molar-refractivity contribution in [2.75, 3.05) is 106 Å². The molecule has 0 N–H and O–H groups in total. The molecule has 72 heavy (non-hydrogen) atoms. The fourth-order valence-electron chi connectivity index (χ4n) is 7.73. The van der Waals surface area contributed by atoms with E-state index in [4.69, 9.17) is 47.4 Å². The molecule has 0 radical (unpaired) electrons. The molecule has 10 nitrogen and oxygen atoms in total. The van der Waals surface area contributed by atoms with E-state index >= 15 is 0 Å². The van der Waals surface area contributed by atoms with Crippen LogP contribution in [0.15, 0.2) is 108 Å². The van der Waals surface area contributed by atoms with Crippen LogP contribution in [-0.2, 0) is 28.4 Å². The quantitative estimate of drug-likeness (QED) is 0.139. The summed E-state index contributed by atoms with van der Waals surface area (Å²) in [7, 11) is 0. The van der Waals surface area contributed by atoms with Crippen LogP contribution in [0.1, 0.15) is 22.3 Å². The van der Waals surface area contributed by atoms with Crippen molar-refractivity contribution in [3.05, 3.63) is 130 Å². The van der Waals surface area contributed by atoms with Gasteiger partial charge in [0.2, 0.25) is 0 Å². The van der Waals surface area contributed by atoms with E-state index in [1.165, 1.54) is 59.9 Å². The molecule has 2 aromatic carbocycles. The molecule has 2 aliphatic heterocycles. The van der Waals surface area contributed by atoms with Gasteiger partial charge in [-0.3, -0.25) is 0 Å². The highest BCUT2D eigenvalue weighted by Gasteiger charge is 2.18. The van der Waals surface area contributed by atoms with Crippen molar-refractivity contribution in [2.45, 2.75) is 0 Å². The van der Waals surface area contributed by atoms with Gasteiger partial charge in [0.25, 0.3) is 0 Å². The standard InChI is InChI=1S/C56H54O10S6/c1-3-47(67-33-1)53-37-42(10-6-40-8-12-44-46(36-40)66-32-28-62-24-20-58-18-22-60-26-30-64-44)56(71-53)52-16-15-49(70-52)48-13-14-50(69-48)54-38-41(55(72-54)51-4-2-34-68-51)9-5-39-7-11-43-45(35-39)65-31-27-61-23-19-57-17-21-59-25-29-63-43/h1-16,33-38H,17-32H2/b9-5+,10-6+. The van der Waals surface area contributed by atoms with Gasteiger partial charge in [0.15, 0.2) is 23.0 Å². The van der Waals surface area contributed by atoms with E-state index < -0.39 is 0 Å². The number of fused-ring (bicyclic) bond motifs is 2. The first-order valence-corrected chi connectivity index (χ1v) is 28.9. The molecule has 0 bridgehead atoms. The van der Waals surface area contributed by atoms with Crippen LogP contribution in [0.5, 0.6) is 23.0 Å². The lowest BCUT2D eigenvalue weighted by atomic mass is 10.1. The minimum atomic E-state index is 0.406. The van der Waals surface area contributed by atoms with E-state index in [0.29, 0.717) is 129 Å². The Balaban J connectivity index is 0.873. The first-order valence-electron chi connectivity index (χ1n) is 23.9. The van der Waals surface area contributed by atoms with Crippen molar-refractivity contribution in [3.8, 4) is 71.8 Å². The summed E-state index contributed by atoms with van der Waals surface area (Å²) in [5.41, 5.74) is 4.37.